The van der Waals surface area contributed by atoms with E-state index in [0.29, 0.717) is 11.3 Å². The second kappa shape index (κ2) is 4.57. The van der Waals surface area contributed by atoms with E-state index < -0.39 is 5.54 Å². The molecule has 4 nitrogen and oxygen atoms in total. The normalized spacial score (nSPS) is 10.9. The van der Waals surface area contributed by atoms with E-state index in [4.69, 9.17) is 18.0 Å². The van der Waals surface area contributed by atoms with E-state index in [9.17, 15) is 4.79 Å². The Morgan fingerprint density at radius 2 is 2.19 bits per heavy atom. The summed E-state index contributed by atoms with van der Waals surface area (Å²) in [6, 6.07) is 3.43. The number of carbonyl (C=O) groups is 1. The van der Waals surface area contributed by atoms with E-state index in [1.54, 1.807) is 39.1 Å². The first-order chi connectivity index (χ1) is 7.34. The molecule has 0 fully saturated rings. The van der Waals surface area contributed by atoms with Crippen LogP contribution in [0.4, 0.5) is 0 Å². The molecule has 1 rings (SSSR count). The molecule has 1 aromatic heterocycles. The van der Waals surface area contributed by atoms with Crippen molar-refractivity contribution in [3.05, 3.63) is 29.6 Å². The Morgan fingerprint density at radius 3 is 2.69 bits per heavy atom. The van der Waals surface area contributed by atoms with Crippen molar-refractivity contribution >= 4 is 23.1 Å². The summed E-state index contributed by atoms with van der Waals surface area (Å²) < 4.78 is 0. The summed E-state index contributed by atoms with van der Waals surface area (Å²) in [5.41, 5.74) is 6.05. The van der Waals surface area contributed by atoms with E-state index >= 15 is 0 Å². The van der Waals surface area contributed by atoms with E-state index in [0.717, 1.165) is 0 Å². The third kappa shape index (κ3) is 2.76. The minimum Gasteiger partial charge on any atom is -0.391 e. The van der Waals surface area contributed by atoms with Gasteiger partial charge in [0.05, 0.1) is 16.1 Å². The molecule has 1 heterocycles. The Labute approximate surface area is 100 Å². The summed E-state index contributed by atoms with van der Waals surface area (Å²) in [5, 5.41) is 2.77. The standard InChI is InChI=1S/C11H15N3OS/c1-7-8(5-4-6-13-7)9(15)14-11(2,3)10(12)16/h4-6H,1-3H3,(H2,12,16)(H,14,15). The monoisotopic (exact) mass is 237 g/mol. The Hall–Kier alpha value is -1.49. The Morgan fingerprint density at radius 1 is 1.56 bits per heavy atom. The summed E-state index contributed by atoms with van der Waals surface area (Å²) in [4.78, 5) is 16.2. The van der Waals surface area contributed by atoms with Crippen LogP contribution in [0.5, 0.6) is 0 Å². The highest BCUT2D eigenvalue weighted by Gasteiger charge is 2.24. The molecule has 5 heteroatoms. The van der Waals surface area contributed by atoms with Crippen LogP contribution in [-0.4, -0.2) is 21.4 Å². The first-order valence-electron chi connectivity index (χ1n) is 4.88. The van der Waals surface area contributed by atoms with Crippen molar-refractivity contribution in [2.24, 2.45) is 5.73 Å². The van der Waals surface area contributed by atoms with Crippen LogP contribution in [-0.2, 0) is 0 Å². The number of carbonyl (C=O) groups excluding carboxylic acids is 1. The van der Waals surface area contributed by atoms with Gasteiger partial charge < -0.3 is 11.1 Å². The number of pyridine rings is 1. The number of nitrogens with one attached hydrogen (secondary N) is 1. The van der Waals surface area contributed by atoms with Crippen molar-refractivity contribution in [3.63, 3.8) is 0 Å². The molecule has 1 amide bonds. The average molecular weight is 237 g/mol. The summed E-state index contributed by atoms with van der Waals surface area (Å²) in [7, 11) is 0. The molecular formula is C11H15N3OS. The highest BCUT2D eigenvalue weighted by molar-refractivity contribution is 7.80. The first-order valence-corrected chi connectivity index (χ1v) is 5.29. The first kappa shape index (κ1) is 12.6. The van der Waals surface area contributed by atoms with Gasteiger partial charge in [0.15, 0.2) is 0 Å². The molecule has 0 aliphatic heterocycles. The van der Waals surface area contributed by atoms with Gasteiger partial charge in [-0.3, -0.25) is 9.78 Å². The number of hydrogen-bond donors (Lipinski definition) is 2. The Bertz CT molecular complexity index is 429. The fourth-order valence-electron chi connectivity index (χ4n) is 1.14. The lowest BCUT2D eigenvalue weighted by atomic mass is 10.0. The zero-order chi connectivity index (χ0) is 12.3. The Balaban J connectivity index is 2.89. The minimum absolute atomic E-state index is 0.219. The lowest BCUT2D eigenvalue weighted by Crippen LogP contribution is -2.52. The predicted molar refractivity (Wildman–Crippen MR) is 67.3 cm³/mol. The number of nitrogens with zero attached hydrogens (tertiary/aromatic N) is 1. The summed E-state index contributed by atoms with van der Waals surface area (Å²) >= 11 is 4.88. The molecular weight excluding hydrogens is 222 g/mol. The van der Waals surface area contributed by atoms with Crippen LogP contribution in [0.15, 0.2) is 18.3 Å². The third-order valence-electron chi connectivity index (χ3n) is 2.29. The van der Waals surface area contributed by atoms with Crippen molar-refractivity contribution in [2.75, 3.05) is 0 Å². The summed E-state index contributed by atoms with van der Waals surface area (Å²) in [6.07, 6.45) is 1.64. The van der Waals surface area contributed by atoms with Crippen molar-refractivity contribution < 1.29 is 4.79 Å². The molecule has 1 aromatic rings. The Kier molecular flexibility index (Phi) is 3.59. The SMILES string of the molecule is Cc1ncccc1C(=O)NC(C)(C)C(N)=S. The minimum atomic E-state index is -0.700. The highest BCUT2D eigenvalue weighted by atomic mass is 32.1. The van der Waals surface area contributed by atoms with Crippen molar-refractivity contribution in [2.45, 2.75) is 26.3 Å². The van der Waals surface area contributed by atoms with Gasteiger partial charge in [-0.15, -0.1) is 0 Å². The van der Waals surface area contributed by atoms with Gasteiger partial charge in [-0.25, -0.2) is 0 Å². The topological polar surface area (TPSA) is 68.0 Å². The molecule has 0 spiro atoms. The van der Waals surface area contributed by atoms with Crippen molar-refractivity contribution in [1.82, 2.24) is 10.3 Å². The number of aromatic nitrogens is 1. The zero-order valence-corrected chi connectivity index (χ0v) is 10.4. The maximum atomic E-state index is 11.9. The van der Waals surface area contributed by atoms with E-state index in [1.807, 2.05) is 0 Å². The molecule has 0 aromatic carbocycles. The number of hydrogen-bond acceptors (Lipinski definition) is 3. The van der Waals surface area contributed by atoms with Gasteiger partial charge in [-0.05, 0) is 32.9 Å². The lowest BCUT2D eigenvalue weighted by Gasteiger charge is -2.24. The van der Waals surface area contributed by atoms with Crippen LogP contribution in [0.25, 0.3) is 0 Å². The quantitative estimate of drug-likeness (QED) is 0.775. The fraction of sp³-hybridized carbons (Fsp3) is 0.364. The van der Waals surface area contributed by atoms with E-state index in [1.165, 1.54) is 0 Å². The van der Waals surface area contributed by atoms with E-state index in [-0.39, 0.29) is 10.9 Å². The third-order valence-corrected chi connectivity index (χ3v) is 2.80. The maximum absolute atomic E-state index is 11.9. The lowest BCUT2D eigenvalue weighted by molar-refractivity contribution is 0.0931. The molecule has 0 unspecified atom stereocenters. The molecule has 0 atom stereocenters. The molecule has 0 saturated heterocycles. The van der Waals surface area contributed by atoms with Crippen LogP contribution >= 0.6 is 12.2 Å². The second-order valence-corrected chi connectivity index (χ2v) is 4.52. The van der Waals surface area contributed by atoms with Crippen LogP contribution in [0.3, 0.4) is 0 Å². The van der Waals surface area contributed by atoms with E-state index in [2.05, 4.69) is 10.3 Å². The fourth-order valence-corrected chi connectivity index (χ4v) is 1.19. The number of rotatable bonds is 3. The molecule has 3 N–H and O–H groups in total. The second-order valence-electron chi connectivity index (χ2n) is 4.08. The van der Waals surface area contributed by atoms with Crippen LogP contribution < -0.4 is 11.1 Å². The zero-order valence-electron chi connectivity index (χ0n) is 9.57. The molecule has 0 saturated carbocycles. The molecule has 0 aliphatic carbocycles. The summed E-state index contributed by atoms with van der Waals surface area (Å²) in [6.45, 7) is 5.31. The van der Waals surface area contributed by atoms with Crippen LogP contribution in [0, 0.1) is 6.92 Å². The van der Waals surface area contributed by atoms with Gasteiger partial charge in [0.2, 0.25) is 0 Å². The number of thiocarbonyl (C=S) groups is 1. The highest BCUT2D eigenvalue weighted by Crippen LogP contribution is 2.08. The molecule has 0 aliphatic rings. The number of amides is 1. The van der Waals surface area contributed by atoms with Gasteiger partial charge in [0, 0.05) is 11.9 Å². The van der Waals surface area contributed by atoms with Gasteiger partial charge in [-0.1, -0.05) is 12.2 Å². The smallest absolute Gasteiger partial charge is 0.253 e. The average Bonchev–Trinajstić information content (AvgIpc) is 2.17. The van der Waals surface area contributed by atoms with Crippen LogP contribution in [0.2, 0.25) is 0 Å². The van der Waals surface area contributed by atoms with Gasteiger partial charge in [0.25, 0.3) is 5.91 Å². The molecule has 0 radical (unpaired) electrons. The van der Waals surface area contributed by atoms with Crippen molar-refractivity contribution in [1.29, 1.82) is 0 Å². The van der Waals surface area contributed by atoms with Gasteiger partial charge >= 0.3 is 0 Å². The summed E-state index contributed by atoms with van der Waals surface area (Å²) in [5.74, 6) is -0.219. The predicted octanol–water partition coefficient (Wildman–Crippen LogP) is 1.18. The number of nitrogens with two attached hydrogens (primary N) is 1. The number of aryl methyl sites for hydroxylation is 1. The van der Waals surface area contributed by atoms with Crippen molar-refractivity contribution in [3.8, 4) is 0 Å². The molecule has 86 valence electrons. The molecule has 16 heavy (non-hydrogen) atoms. The largest absolute Gasteiger partial charge is 0.391 e. The maximum Gasteiger partial charge on any atom is 0.253 e. The van der Waals surface area contributed by atoms with Crippen LogP contribution in [0.1, 0.15) is 29.9 Å². The van der Waals surface area contributed by atoms with Gasteiger partial charge in [-0.2, -0.15) is 0 Å². The molecule has 0 bridgehead atoms. The van der Waals surface area contributed by atoms with Gasteiger partial charge in [0.1, 0.15) is 0 Å².